The van der Waals surface area contributed by atoms with Crippen molar-refractivity contribution in [3.05, 3.63) is 21.4 Å². The van der Waals surface area contributed by atoms with Gasteiger partial charge < -0.3 is 4.74 Å². The molecule has 27 heavy (non-hydrogen) atoms. The second-order valence-electron chi connectivity index (χ2n) is 9.59. The third-order valence-electron chi connectivity index (χ3n) is 8.45. The predicted molar refractivity (Wildman–Crippen MR) is 98.2 cm³/mol. The van der Waals surface area contributed by atoms with Crippen LogP contribution in [0.1, 0.15) is 72.1 Å². The molecule has 0 radical (unpaired) electrons. The van der Waals surface area contributed by atoms with Gasteiger partial charge in [0, 0.05) is 17.9 Å². The number of esters is 1. The lowest BCUT2D eigenvalue weighted by Crippen LogP contribution is -2.56. The Morgan fingerprint density at radius 3 is 2.59 bits per heavy atom. The molecule has 0 bridgehead atoms. The molecule has 0 aromatic carbocycles. The molecule has 3 fully saturated rings. The number of carbonyl (C=O) groups excluding carboxylic acids is 2. The zero-order chi connectivity index (χ0) is 19.6. The first-order valence-electron chi connectivity index (χ1n) is 10.3. The van der Waals surface area contributed by atoms with Gasteiger partial charge in [-0.05, 0) is 61.7 Å². The van der Waals surface area contributed by atoms with Crippen molar-refractivity contribution in [3.8, 4) is 0 Å². The maximum atomic E-state index is 12.5. The Morgan fingerprint density at radius 2 is 1.93 bits per heavy atom. The number of carbonyl (C=O) groups is 2. The molecule has 0 N–H and O–H groups in total. The average molecular weight is 375 g/mol. The summed E-state index contributed by atoms with van der Waals surface area (Å²) in [7, 11) is 0. The number of Topliss-reactive ketones (excluding diaryl/α,β-unsaturated/α-hetero) is 1. The first kappa shape index (κ1) is 18.6. The van der Waals surface area contributed by atoms with Gasteiger partial charge in [-0.2, -0.15) is 0 Å². The Kier molecular flexibility index (Phi) is 4.24. The lowest BCUT2D eigenvalue weighted by Gasteiger charge is -2.58. The monoisotopic (exact) mass is 375 g/mol. The van der Waals surface area contributed by atoms with Crippen LogP contribution < -0.4 is 0 Å². The van der Waals surface area contributed by atoms with Crippen LogP contribution in [-0.4, -0.2) is 22.8 Å². The van der Waals surface area contributed by atoms with E-state index in [4.69, 9.17) is 4.74 Å². The highest BCUT2D eigenvalue weighted by Gasteiger charge is 2.62. The highest BCUT2D eigenvalue weighted by Crippen LogP contribution is 2.66. The van der Waals surface area contributed by atoms with Crippen molar-refractivity contribution in [1.82, 2.24) is 0 Å². The maximum Gasteiger partial charge on any atom is 0.312 e. The molecule has 0 amide bonds. The molecule has 6 heteroatoms. The summed E-state index contributed by atoms with van der Waals surface area (Å²) in [6, 6.07) is 0. The van der Waals surface area contributed by atoms with Gasteiger partial charge >= 0.3 is 11.7 Å². The fourth-order valence-corrected chi connectivity index (χ4v) is 7.26. The van der Waals surface area contributed by atoms with Crippen LogP contribution in [0.25, 0.3) is 0 Å². The molecule has 0 saturated heterocycles. The Hall–Kier alpha value is -1.72. The molecule has 0 aliphatic heterocycles. The fraction of sp³-hybridized carbons (Fsp3) is 0.810. The highest BCUT2D eigenvalue weighted by atomic mass is 16.6. The molecule has 4 aliphatic carbocycles. The van der Waals surface area contributed by atoms with Gasteiger partial charge in [0.25, 0.3) is 0 Å². The van der Waals surface area contributed by atoms with E-state index >= 15 is 0 Å². The predicted octanol–water partition coefficient (Wildman–Crippen LogP) is 4.05. The van der Waals surface area contributed by atoms with Gasteiger partial charge in [0.15, 0.2) is 0 Å². The van der Waals surface area contributed by atoms with Crippen LogP contribution >= 0.6 is 0 Å². The van der Waals surface area contributed by atoms with E-state index in [1.54, 1.807) is 0 Å². The SMILES string of the molecule is CC(=O)OC1CC(=O)C([N+](=O)[O-])=C2CC[C@H]3[C@@H]4CCC[C@@]4(C)CC[C@@H]3[C@]21C. The molecule has 1 unspecified atom stereocenters. The van der Waals surface area contributed by atoms with Gasteiger partial charge in [-0.25, -0.2) is 0 Å². The summed E-state index contributed by atoms with van der Waals surface area (Å²) in [5.41, 5.74) is 0.193. The quantitative estimate of drug-likeness (QED) is 0.413. The van der Waals surface area contributed by atoms with Crippen LogP contribution in [0.3, 0.4) is 0 Å². The number of rotatable bonds is 2. The smallest absolute Gasteiger partial charge is 0.312 e. The van der Waals surface area contributed by atoms with Crippen molar-refractivity contribution >= 4 is 11.8 Å². The summed E-state index contributed by atoms with van der Waals surface area (Å²) < 4.78 is 5.63. The van der Waals surface area contributed by atoms with E-state index in [0.717, 1.165) is 19.3 Å². The number of fused-ring (bicyclic) bond motifs is 5. The Balaban J connectivity index is 1.81. The van der Waals surface area contributed by atoms with Gasteiger partial charge in [-0.1, -0.05) is 20.3 Å². The third kappa shape index (κ3) is 2.59. The van der Waals surface area contributed by atoms with Crippen LogP contribution in [-0.2, 0) is 14.3 Å². The van der Waals surface area contributed by atoms with Crippen molar-refractivity contribution in [2.24, 2.45) is 28.6 Å². The van der Waals surface area contributed by atoms with Crippen LogP contribution in [0.15, 0.2) is 11.3 Å². The van der Waals surface area contributed by atoms with Crippen LogP contribution in [0.4, 0.5) is 0 Å². The summed E-state index contributed by atoms with van der Waals surface area (Å²) in [6.45, 7) is 5.79. The van der Waals surface area contributed by atoms with E-state index in [-0.39, 0.29) is 18.0 Å². The number of nitro groups is 1. The van der Waals surface area contributed by atoms with Crippen molar-refractivity contribution in [1.29, 1.82) is 0 Å². The Morgan fingerprint density at radius 1 is 1.19 bits per heavy atom. The van der Waals surface area contributed by atoms with Crippen molar-refractivity contribution < 1.29 is 19.2 Å². The number of nitrogens with zero attached hydrogens (tertiary/aromatic N) is 1. The summed E-state index contributed by atoms with van der Waals surface area (Å²) in [6.07, 6.45) is 6.71. The van der Waals surface area contributed by atoms with Crippen LogP contribution in [0, 0.1) is 38.7 Å². The third-order valence-corrected chi connectivity index (χ3v) is 8.45. The number of hydrogen-bond acceptors (Lipinski definition) is 5. The number of ketones is 1. The topological polar surface area (TPSA) is 86.5 Å². The zero-order valence-electron chi connectivity index (χ0n) is 16.5. The molecular weight excluding hydrogens is 346 g/mol. The van der Waals surface area contributed by atoms with Gasteiger partial charge in [-0.15, -0.1) is 0 Å². The molecule has 0 heterocycles. The molecule has 6 nitrogen and oxygen atoms in total. The minimum absolute atomic E-state index is 0.0684. The maximum absolute atomic E-state index is 12.5. The lowest BCUT2D eigenvalue weighted by molar-refractivity contribution is -0.422. The lowest BCUT2D eigenvalue weighted by atomic mass is 9.46. The molecule has 4 aliphatic rings. The standard InChI is InChI=1S/C21H29NO5/c1-12(23)27-18-11-17(24)19(22(25)26)16-7-6-13-14-5-4-9-20(14,2)10-8-15(13)21(16,18)3/h13-15,18H,4-11H2,1-3H3/t13-,14-,15-,18?,20-,21+/m0/s1. The molecule has 6 atom stereocenters. The summed E-state index contributed by atoms with van der Waals surface area (Å²) in [4.78, 5) is 35.5. The van der Waals surface area contributed by atoms with E-state index in [0.29, 0.717) is 29.2 Å². The van der Waals surface area contributed by atoms with E-state index in [9.17, 15) is 19.7 Å². The summed E-state index contributed by atoms with van der Waals surface area (Å²) in [5, 5.41) is 11.7. The molecule has 0 spiro atoms. The second kappa shape index (κ2) is 6.14. The minimum Gasteiger partial charge on any atom is -0.461 e. The molecule has 4 rings (SSSR count). The molecule has 0 aromatic heterocycles. The first-order chi connectivity index (χ1) is 12.7. The molecule has 3 saturated carbocycles. The Labute approximate surface area is 159 Å². The van der Waals surface area contributed by atoms with E-state index in [1.807, 2.05) is 6.92 Å². The van der Waals surface area contributed by atoms with Crippen molar-refractivity contribution in [3.63, 3.8) is 0 Å². The molecular formula is C21H29NO5. The Bertz CT molecular complexity index is 743. The highest BCUT2D eigenvalue weighted by molar-refractivity contribution is 5.96. The zero-order valence-corrected chi connectivity index (χ0v) is 16.5. The first-order valence-corrected chi connectivity index (χ1v) is 10.3. The average Bonchev–Trinajstić information content (AvgIpc) is 2.97. The largest absolute Gasteiger partial charge is 0.461 e. The molecule has 148 valence electrons. The summed E-state index contributed by atoms with van der Waals surface area (Å²) >= 11 is 0. The van der Waals surface area contributed by atoms with Crippen LogP contribution in [0.5, 0.6) is 0 Å². The van der Waals surface area contributed by atoms with Crippen LogP contribution in [0.2, 0.25) is 0 Å². The molecule has 0 aromatic rings. The van der Waals surface area contributed by atoms with Gasteiger partial charge in [-0.3, -0.25) is 19.7 Å². The number of hydrogen-bond donors (Lipinski definition) is 0. The minimum atomic E-state index is -0.602. The fourth-order valence-electron chi connectivity index (χ4n) is 7.26. The van der Waals surface area contributed by atoms with Gasteiger partial charge in [0.05, 0.1) is 11.3 Å². The van der Waals surface area contributed by atoms with Gasteiger partial charge in [0.2, 0.25) is 5.78 Å². The van der Waals surface area contributed by atoms with E-state index in [2.05, 4.69) is 6.92 Å². The second-order valence-corrected chi connectivity index (χ2v) is 9.59. The number of ether oxygens (including phenoxy) is 1. The summed E-state index contributed by atoms with van der Waals surface area (Å²) in [5.74, 6) is 0.480. The normalized spacial score (nSPS) is 43.6. The van der Waals surface area contributed by atoms with Crippen molar-refractivity contribution in [2.45, 2.75) is 78.2 Å². The van der Waals surface area contributed by atoms with Gasteiger partial charge in [0.1, 0.15) is 6.10 Å². The van der Waals surface area contributed by atoms with E-state index < -0.39 is 28.2 Å². The van der Waals surface area contributed by atoms with E-state index in [1.165, 1.54) is 26.2 Å². The van der Waals surface area contributed by atoms with Crippen molar-refractivity contribution in [2.75, 3.05) is 0 Å².